The van der Waals surface area contributed by atoms with E-state index < -0.39 is 15.3 Å². The molecule has 16 heavy (non-hydrogen) atoms. The summed E-state index contributed by atoms with van der Waals surface area (Å²) >= 11 is 0. The number of hydrogen-bond acceptors (Lipinski definition) is 4. The largest absolute Gasteiger partial charge is 0.336 e. The molecule has 2 rings (SSSR count). The molecule has 5 heteroatoms. The van der Waals surface area contributed by atoms with Crippen LogP contribution >= 0.6 is 0 Å². The minimum atomic E-state index is -3.34. The maximum absolute atomic E-state index is 11.7. The van der Waals surface area contributed by atoms with E-state index in [0.717, 1.165) is 5.56 Å². The standard InChI is InChI=1S/C11H12O4S/c1-2-7-16(12,13)11-8-9-5-3-4-6-10(9)14-15-11/h2-6,11H,1,7-8H2. The molecule has 0 aromatic heterocycles. The van der Waals surface area contributed by atoms with Crippen LogP contribution in [0.5, 0.6) is 5.75 Å². The fourth-order valence-corrected chi connectivity index (χ4v) is 2.67. The van der Waals surface area contributed by atoms with Crippen LogP contribution in [0.3, 0.4) is 0 Å². The Bertz CT molecular complexity index is 492. The Balaban J connectivity index is 2.23. The molecule has 0 fully saturated rings. The molecule has 0 spiro atoms. The lowest BCUT2D eigenvalue weighted by atomic mass is 10.1. The predicted octanol–water partition coefficient (Wildman–Crippen LogP) is 1.48. The Kier molecular flexibility index (Phi) is 2.98. The molecule has 1 heterocycles. The third kappa shape index (κ3) is 2.10. The van der Waals surface area contributed by atoms with Gasteiger partial charge >= 0.3 is 0 Å². The van der Waals surface area contributed by atoms with Crippen molar-refractivity contribution in [2.75, 3.05) is 5.75 Å². The van der Waals surface area contributed by atoms with Crippen molar-refractivity contribution in [2.24, 2.45) is 0 Å². The topological polar surface area (TPSA) is 52.6 Å². The van der Waals surface area contributed by atoms with Crippen LogP contribution in [-0.2, 0) is 21.1 Å². The second-order valence-corrected chi connectivity index (χ2v) is 5.72. The van der Waals surface area contributed by atoms with E-state index in [9.17, 15) is 8.42 Å². The Labute approximate surface area is 94.3 Å². The highest BCUT2D eigenvalue weighted by Crippen LogP contribution is 2.27. The van der Waals surface area contributed by atoms with E-state index in [0.29, 0.717) is 12.2 Å². The van der Waals surface area contributed by atoms with Crippen LogP contribution < -0.4 is 4.89 Å². The SMILES string of the molecule is C=CCS(=O)(=O)C1Cc2ccccc2OO1. The van der Waals surface area contributed by atoms with Crippen molar-refractivity contribution in [3.05, 3.63) is 42.5 Å². The van der Waals surface area contributed by atoms with E-state index in [-0.39, 0.29) is 5.75 Å². The van der Waals surface area contributed by atoms with Gasteiger partial charge in [0.15, 0.2) is 15.6 Å². The molecule has 0 aliphatic carbocycles. The van der Waals surface area contributed by atoms with Crippen LogP contribution in [0, 0.1) is 0 Å². The summed E-state index contributed by atoms with van der Waals surface area (Å²) < 4.78 is 23.4. The van der Waals surface area contributed by atoms with Gasteiger partial charge in [0.05, 0.1) is 5.75 Å². The predicted molar refractivity (Wildman–Crippen MR) is 59.6 cm³/mol. The maximum Gasteiger partial charge on any atom is 0.209 e. The van der Waals surface area contributed by atoms with Gasteiger partial charge in [-0.15, -0.1) is 6.58 Å². The van der Waals surface area contributed by atoms with Crippen molar-refractivity contribution in [3.8, 4) is 5.75 Å². The van der Waals surface area contributed by atoms with Crippen LogP contribution in [0.1, 0.15) is 5.56 Å². The Morgan fingerprint density at radius 3 is 2.94 bits per heavy atom. The molecule has 0 saturated carbocycles. The third-order valence-corrected chi connectivity index (χ3v) is 4.10. The van der Waals surface area contributed by atoms with Gasteiger partial charge in [-0.1, -0.05) is 24.3 Å². The summed E-state index contributed by atoms with van der Waals surface area (Å²) in [6, 6.07) is 7.21. The first-order chi connectivity index (χ1) is 7.63. The molecule has 0 bridgehead atoms. The highest BCUT2D eigenvalue weighted by Gasteiger charge is 2.31. The van der Waals surface area contributed by atoms with Crippen molar-refractivity contribution in [2.45, 2.75) is 11.9 Å². The van der Waals surface area contributed by atoms with E-state index in [2.05, 4.69) is 6.58 Å². The number of para-hydroxylation sites is 1. The van der Waals surface area contributed by atoms with Gasteiger partial charge in [0.2, 0.25) is 5.44 Å². The second-order valence-electron chi connectivity index (χ2n) is 3.54. The smallest absolute Gasteiger partial charge is 0.209 e. The van der Waals surface area contributed by atoms with Gasteiger partial charge in [-0.3, -0.25) is 0 Å². The van der Waals surface area contributed by atoms with Crippen molar-refractivity contribution < 1.29 is 18.2 Å². The normalized spacial score (nSPS) is 19.6. The number of sulfone groups is 1. The number of benzene rings is 1. The molecule has 1 aromatic rings. The first-order valence-corrected chi connectivity index (χ1v) is 6.59. The van der Waals surface area contributed by atoms with E-state index in [4.69, 9.17) is 9.78 Å². The fraction of sp³-hybridized carbons (Fsp3) is 0.273. The monoisotopic (exact) mass is 240 g/mol. The van der Waals surface area contributed by atoms with Crippen LogP contribution in [0.25, 0.3) is 0 Å². The van der Waals surface area contributed by atoms with E-state index in [1.165, 1.54) is 6.08 Å². The van der Waals surface area contributed by atoms with Crippen molar-refractivity contribution >= 4 is 9.84 Å². The highest BCUT2D eigenvalue weighted by molar-refractivity contribution is 7.92. The Morgan fingerprint density at radius 2 is 2.19 bits per heavy atom. The van der Waals surface area contributed by atoms with Gasteiger partial charge in [-0.05, 0) is 6.07 Å². The zero-order valence-electron chi connectivity index (χ0n) is 8.63. The van der Waals surface area contributed by atoms with E-state index >= 15 is 0 Å². The summed E-state index contributed by atoms with van der Waals surface area (Å²) in [5.74, 6) is 0.468. The van der Waals surface area contributed by atoms with Gasteiger partial charge in [-0.2, -0.15) is 4.89 Å². The molecule has 4 nitrogen and oxygen atoms in total. The lowest BCUT2D eigenvalue weighted by molar-refractivity contribution is -0.230. The molecule has 86 valence electrons. The number of rotatable bonds is 3. The minimum absolute atomic E-state index is 0.108. The van der Waals surface area contributed by atoms with Crippen LogP contribution in [0.4, 0.5) is 0 Å². The van der Waals surface area contributed by atoms with Gasteiger partial charge in [0.1, 0.15) is 0 Å². The van der Waals surface area contributed by atoms with Gasteiger partial charge in [-0.25, -0.2) is 8.42 Å². The molecule has 1 unspecified atom stereocenters. The highest BCUT2D eigenvalue weighted by atomic mass is 32.2. The van der Waals surface area contributed by atoms with Crippen LogP contribution in [0.2, 0.25) is 0 Å². The molecule has 1 aliphatic rings. The average Bonchev–Trinajstić information content (AvgIpc) is 2.28. The molecule has 1 aliphatic heterocycles. The summed E-state index contributed by atoms with van der Waals surface area (Å²) in [6.45, 7) is 3.41. The Hall–Kier alpha value is -1.33. The first kappa shape index (κ1) is 11.2. The van der Waals surface area contributed by atoms with Crippen molar-refractivity contribution in [1.29, 1.82) is 0 Å². The summed E-state index contributed by atoms with van der Waals surface area (Å²) in [6.07, 6.45) is 1.66. The van der Waals surface area contributed by atoms with Crippen molar-refractivity contribution in [1.82, 2.24) is 0 Å². The fourth-order valence-electron chi connectivity index (χ4n) is 1.53. The molecule has 0 amide bonds. The third-order valence-electron chi connectivity index (χ3n) is 2.36. The van der Waals surface area contributed by atoms with E-state index in [1.54, 1.807) is 12.1 Å². The lowest BCUT2D eigenvalue weighted by Crippen LogP contribution is -2.33. The molecule has 1 atom stereocenters. The summed E-state index contributed by atoms with van der Waals surface area (Å²) in [7, 11) is -3.34. The van der Waals surface area contributed by atoms with Crippen LogP contribution in [0.15, 0.2) is 36.9 Å². The van der Waals surface area contributed by atoms with Gasteiger partial charge in [0.25, 0.3) is 0 Å². The Morgan fingerprint density at radius 1 is 1.44 bits per heavy atom. The summed E-state index contributed by atoms with van der Waals surface area (Å²) in [5, 5.41) is 0. The quantitative estimate of drug-likeness (QED) is 0.593. The molecule has 1 aromatic carbocycles. The number of fused-ring (bicyclic) bond motifs is 1. The van der Waals surface area contributed by atoms with Gasteiger partial charge < -0.3 is 4.89 Å². The van der Waals surface area contributed by atoms with Crippen molar-refractivity contribution in [3.63, 3.8) is 0 Å². The summed E-state index contributed by atoms with van der Waals surface area (Å²) in [5.41, 5.74) is -0.105. The van der Waals surface area contributed by atoms with Gasteiger partial charge in [0, 0.05) is 12.0 Å². The lowest BCUT2D eigenvalue weighted by Gasteiger charge is -2.23. The van der Waals surface area contributed by atoms with E-state index in [1.807, 2.05) is 12.1 Å². The molecule has 0 radical (unpaired) electrons. The average molecular weight is 240 g/mol. The molecular formula is C11H12O4S. The zero-order valence-corrected chi connectivity index (χ0v) is 9.44. The summed E-state index contributed by atoms with van der Waals surface area (Å²) in [4.78, 5) is 9.84. The number of hydrogen-bond donors (Lipinski definition) is 0. The minimum Gasteiger partial charge on any atom is -0.336 e. The molecule has 0 N–H and O–H groups in total. The second kappa shape index (κ2) is 4.27. The van der Waals surface area contributed by atoms with Crippen LogP contribution in [-0.4, -0.2) is 19.6 Å². The molecule has 0 saturated heterocycles. The maximum atomic E-state index is 11.7. The zero-order chi connectivity index (χ0) is 11.6. The molecular weight excluding hydrogens is 228 g/mol. The first-order valence-electron chi connectivity index (χ1n) is 4.87.